The van der Waals surface area contributed by atoms with E-state index in [0.29, 0.717) is 5.56 Å². The zero-order valence-electron chi connectivity index (χ0n) is 12.7. The number of H-pyrrole nitrogens is 1. The summed E-state index contributed by atoms with van der Waals surface area (Å²) in [5.41, 5.74) is -0.0803. The highest BCUT2D eigenvalue weighted by atomic mass is 16.6. The van der Waals surface area contributed by atoms with Crippen LogP contribution < -0.4 is 5.56 Å². The predicted octanol–water partition coefficient (Wildman–Crippen LogP) is 2.26. The van der Waals surface area contributed by atoms with Crippen LogP contribution in [-0.2, 0) is 4.74 Å². The Morgan fingerprint density at radius 2 is 1.95 bits per heavy atom. The lowest BCUT2D eigenvalue weighted by molar-refractivity contribution is 0.0295. The summed E-state index contributed by atoms with van der Waals surface area (Å²) >= 11 is 0. The first-order valence-electron chi connectivity index (χ1n) is 6.88. The van der Waals surface area contributed by atoms with Gasteiger partial charge in [-0.25, -0.2) is 4.79 Å². The van der Waals surface area contributed by atoms with Crippen molar-refractivity contribution < 1.29 is 9.53 Å². The van der Waals surface area contributed by atoms with Crippen molar-refractivity contribution >= 4 is 6.09 Å². The van der Waals surface area contributed by atoms with Crippen LogP contribution >= 0.6 is 0 Å². The largest absolute Gasteiger partial charge is 0.444 e. The van der Waals surface area contributed by atoms with Crippen molar-refractivity contribution in [3.63, 3.8) is 0 Å². The number of nitrogens with one attached hydrogen (secondary N) is 1. The van der Waals surface area contributed by atoms with Crippen LogP contribution in [-0.4, -0.2) is 34.7 Å². The minimum atomic E-state index is -0.361. The molecular formula is C15H21N3O3. The second kappa shape index (κ2) is 7.48. The molecule has 1 aromatic rings. The summed E-state index contributed by atoms with van der Waals surface area (Å²) in [5.74, 6) is 0. The van der Waals surface area contributed by atoms with Gasteiger partial charge in [-0.1, -0.05) is 0 Å². The molecule has 6 nitrogen and oxygen atoms in total. The van der Waals surface area contributed by atoms with Crippen LogP contribution in [0.25, 0.3) is 0 Å². The van der Waals surface area contributed by atoms with Gasteiger partial charge in [-0.2, -0.15) is 5.26 Å². The molecule has 0 atom stereocenters. The van der Waals surface area contributed by atoms with Gasteiger partial charge in [0.15, 0.2) is 0 Å². The summed E-state index contributed by atoms with van der Waals surface area (Å²) in [6.07, 6.45) is 3.43. The molecule has 1 aromatic heterocycles. The SMILES string of the molecule is CC(C)(C)OC(=O)N1CCCC1.N#Cc1ccc(=O)[nH]c1. The quantitative estimate of drug-likeness (QED) is 0.794. The van der Waals surface area contributed by atoms with Gasteiger partial charge in [-0.15, -0.1) is 0 Å². The zero-order valence-corrected chi connectivity index (χ0v) is 12.7. The summed E-state index contributed by atoms with van der Waals surface area (Å²) in [4.78, 5) is 25.9. The Morgan fingerprint density at radius 3 is 2.38 bits per heavy atom. The highest BCUT2D eigenvalue weighted by Gasteiger charge is 2.23. The molecule has 0 bridgehead atoms. The number of likely N-dealkylation sites (tertiary alicyclic amines) is 1. The molecule has 1 aliphatic heterocycles. The Hall–Kier alpha value is -2.29. The number of aromatic amines is 1. The van der Waals surface area contributed by atoms with Crippen molar-refractivity contribution in [2.24, 2.45) is 0 Å². The van der Waals surface area contributed by atoms with E-state index < -0.39 is 0 Å². The Balaban J connectivity index is 0.000000219. The highest BCUT2D eigenvalue weighted by molar-refractivity contribution is 5.68. The second-order valence-corrected chi connectivity index (χ2v) is 5.73. The molecule has 0 spiro atoms. The summed E-state index contributed by atoms with van der Waals surface area (Å²) in [5, 5.41) is 8.26. The van der Waals surface area contributed by atoms with Crippen LogP contribution in [0.2, 0.25) is 0 Å². The summed E-state index contributed by atoms with van der Waals surface area (Å²) in [6, 6.07) is 4.67. The van der Waals surface area contributed by atoms with E-state index in [2.05, 4.69) is 4.98 Å². The van der Waals surface area contributed by atoms with Crippen LogP contribution in [0.4, 0.5) is 4.79 Å². The zero-order chi connectivity index (χ0) is 15.9. The lowest BCUT2D eigenvalue weighted by atomic mass is 10.2. The average Bonchev–Trinajstić information content (AvgIpc) is 2.92. The molecule has 1 fully saturated rings. The van der Waals surface area contributed by atoms with Gasteiger partial charge in [0.05, 0.1) is 5.56 Å². The molecule has 1 saturated heterocycles. The minimum absolute atomic E-state index is 0.167. The number of pyridine rings is 1. The van der Waals surface area contributed by atoms with Gasteiger partial charge >= 0.3 is 6.09 Å². The molecule has 2 heterocycles. The normalized spacial score (nSPS) is 13.9. The molecular weight excluding hydrogens is 270 g/mol. The van der Waals surface area contributed by atoms with Gasteiger partial charge in [-0.3, -0.25) is 4.79 Å². The highest BCUT2D eigenvalue weighted by Crippen LogP contribution is 2.14. The number of carbonyl (C=O) groups is 1. The van der Waals surface area contributed by atoms with Gasteiger partial charge in [0, 0.05) is 25.4 Å². The lowest BCUT2D eigenvalue weighted by Crippen LogP contribution is -2.34. The Kier molecular flexibility index (Phi) is 5.97. The molecule has 21 heavy (non-hydrogen) atoms. The number of aromatic nitrogens is 1. The number of ether oxygens (including phenoxy) is 1. The number of hydrogen-bond acceptors (Lipinski definition) is 4. The van der Waals surface area contributed by atoms with Crippen LogP contribution in [0.15, 0.2) is 23.1 Å². The van der Waals surface area contributed by atoms with Gasteiger partial charge in [0.2, 0.25) is 5.56 Å². The summed E-state index contributed by atoms with van der Waals surface area (Å²) in [7, 11) is 0. The number of nitriles is 1. The first-order valence-corrected chi connectivity index (χ1v) is 6.88. The molecule has 6 heteroatoms. The van der Waals surface area contributed by atoms with Crippen LogP contribution in [0.5, 0.6) is 0 Å². The average molecular weight is 291 g/mol. The first-order chi connectivity index (χ1) is 9.81. The van der Waals surface area contributed by atoms with Crippen LogP contribution in [0.1, 0.15) is 39.2 Å². The third-order valence-electron chi connectivity index (χ3n) is 2.67. The van der Waals surface area contributed by atoms with E-state index >= 15 is 0 Å². The van der Waals surface area contributed by atoms with Crippen molar-refractivity contribution in [1.29, 1.82) is 5.26 Å². The third kappa shape index (κ3) is 6.61. The van der Waals surface area contributed by atoms with Crippen molar-refractivity contribution in [2.75, 3.05) is 13.1 Å². The van der Waals surface area contributed by atoms with Crippen molar-refractivity contribution in [3.8, 4) is 6.07 Å². The van der Waals surface area contributed by atoms with Crippen molar-refractivity contribution in [3.05, 3.63) is 34.2 Å². The number of amides is 1. The molecule has 0 radical (unpaired) electrons. The van der Waals surface area contributed by atoms with Gasteiger partial charge in [-0.05, 0) is 39.7 Å². The van der Waals surface area contributed by atoms with E-state index in [1.54, 1.807) is 4.90 Å². The maximum atomic E-state index is 11.4. The van der Waals surface area contributed by atoms with Gasteiger partial charge < -0.3 is 14.6 Å². The van der Waals surface area contributed by atoms with E-state index in [0.717, 1.165) is 25.9 Å². The predicted molar refractivity (Wildman–Crippen MR) is 78.8 cm³/mol. The molecule has 0 aromatic carbocycles. The van der Waals surface area contributed by atoms with E-state index in [4.69, 9.17) is 10.00 Å². The fraction of sp³-hybridized carbons (Fsp3) is 0.533. The maximum Gasteiger partial charge on any atom is 0.410 e. The minimum Gasteiger partial charge on any atom is -0.444 e. The number of hydrogen-bond donors (Lipinski definition) is 1. The molecule has 0 aliphatic carbocycles. The standard InChI is InChI=1S/C9H17NO2.C6H4N2O/c1-9(2,3)12-8(11)10-6-4-5-7-10;7-3-5-1-2-6(9)8-4-5/h4-7H2,1-3H3;1-2,4H,(H,8,9). The Bertz CT molecular complexity index is 540. The number of nitrogens with zero attached hydrogens (tertiary/aromatic N) is 2. The molecule has 0 unspecified atom stereocenters. The molecule has 1 N–H and O–H groups in total. The third-order valence-corrected chi connectivity index (χ3v) is 2.67. The second-order valence-electron chi connectivity index (χ2n) is 5.73. The van der Waals surface area contributed by atoms with E-state index in [9.17, 15) is 9.59 Å². The fourth-order valence-corrected chi connectivity index (χ4v) is 1.71. The van der Waals surface area contributed by atoms with E-state index in [-0.39, 0.29) is 17.3 Å². The topological polar surface area (TPSA) is 86.2 Å². The van der Waals surface area contributed by atoms with Crippen LogP contribution in [0, 0.1) is 11.3 Å². The van der Waals surface area contributed by atoms with Gasteiger partial charge in [0.25, 0.3) is 0 Å². The van der Waals surface area contributed by atoms with E-state index in [1.165, 1.54) is 18.3 Å². The van der Waals surface area contributed by atoms with Crippen molar-refractivity contribution in [2.45, 2.75) is 39.2 Å². The van der Waals surface area contributed by atoms with E-state index in [1.807, 2.05) is 26.8 Å². The van der Waals surface area contributed by atoms with Gasteiger partial charge in [0.1, 0.15) is 11.7 Å². The molecule has 2 rings (SSSR count). The molecule has 0 saturated carbocycles. The summed E-state index contributed by atoms with van der Waals surface area (Å²) < 4.78 is 5.21. The molecule has 114 valence electrons. The van der Waals surface area contributed by atoms with Crippen LogP contribution in [0.3, 0.4) is 0 Å². The monoisotopic (exact) mass is 291 g/mol. The first kappa shape index (κ1) is 16.8. The Labute approximate surface area is 124 Å². The lowest BCUT2D eigenvalue weighted by Gasteiger charge is -2.23. The molecule has 1 aliphatic rings. The number of carbonyl (C=O) groups excluding carboxylic acids is 1. The van der Waals surface area contributed by atoms with Crippen molar-refractivity contribution in [1.82, 2.24) is 9.88 Å². The summed E-state index contributed by atoms with van der Waals surface area (Å²) in [6.45, 7) is 7.38. The fourth-order valence-electron chi connectivity index (χ4n) is 1.71. The molecule has 1 amide bonds. The maximum absolute atomic E-state index is 11.4. The number of rotatable bonds is 0. The Morgan fingerprint density at radius 1 is 1.33 bits per heavy atom. The smallest absolute Gasteiger partial charge is 0.410 e.